The van der Waals surface area contributed by atoms with Crippen LogP contribution in [-0.4, -0.2) is 22.8 Å². The predicted molar refractivity (Wildman–Crippen MR) is 56.8 cm³/mol. The maximum atomic E-state index is 5.62. The van der Waals surface area contributed by atoms with Crippen molar-refractivity contribution < 1.29 is 4.74 Å². The summed E-state index contributed by atoms with van der Waals surface area (Å²) in [6, 6.07) is 0.133. The topological polar surface area (TPSA) is 65.1 Å². The Labute approximate surface area is 89.6 Å². The van der Waals surface area contributed by atoms with Gasteiger partial charge in [0.25, 0.3) is 0 Å². The molecule has 15 heavy (non-hydrogen) atoms. The van der Waals surface area contributed by atoms with Gasteiger partial charge in [0.2, 0.25) is 0 Å². The van der Waals surface area contributed by atoms with Crippen LogP contribution in [0.2, 0.25) is 0 Å². The molecule has 0 bridgehead atoms. The van der Waals surface area contributed by atoms with E-state index < -0.39 is 0 Å². The van der Waals surface area contributed by atoms with Gasteiger partial charge in [0.15, 0.2) is 0 Å². The summed E-state index contributed by atoms with van der Waals surface area (Å²) >= 11 is 0. The lowest BCUT2D eigenvalue weighted by atomic mass is 9.91. The summed E-state index contributed by atoms with van der Waals surface area (Å²) in [5.41, 5.74) is 2.88. The van der Waals surface area contributed by atoms with Crippen LogP contribution in [0.3, 0.4) is 0 Å². The van der Waals surface area contributed by atoms with Crippen molar-refractivity contribution in [3.05, 3.63) is 18.2 Å². The van der Waals surface area contributed by atoms with Crippen molar-refractivity contribution in [1.29, 1.82) is 0 Å². The number of hydrazine groups is 1. The minimum Gasteiger partial charge on any atom is -0.381 e. The molecule has 1 aliphatic rings. The van der Waals surface area contributed by atoms with E-state index in [4.69, 9.17) is 10.6 Å². The van der Waals surface area contributed by atoms with E-state index in [1.165, 1.54) is 0 Å². The molecule has 84 valence electrons. The Morgan fingerprint density at radius 3 is 2.87 bits per heavy atom. The van der Waals surface area contributed by atoms with Crippen LogP contribution in [0.1, 0.15) is 24.7 Å². The van der Waals surface area contributed by atoms with Crippen LogP contribution < -0.4 is 11.3 Å². The molecule has 1 atom stereocenters. The Morgan fingerprint density at radius 2 is 2.33 bits per heavy atom. The van der Waals surface area contributed by atoms with Crippen molar-refractivity contribution in [2.24, 2.45) is 18.8 Å². The third-order valence-electron chi connectivity index (χ3n) is 3.05. The third-order valence-corrected chi connectivity index (χ3v) is 3.05. The monoisotopic (exact) mass is 210 g/mol. The van der Waals surface area contributed by atoms with Crippen LogP contribution in [0.15, 0.2) is 12.4 Å². The predicted octanol–water partition coefficient (Wildman–Crippen LogP) is 0.351. The average molecular weight is 210 g/mol. The van der Waals surface area contributed by atoms with E-state index in [0.717, 1.165) is 31.9 Å². The number of rotatable bonds is 3. The molecule has 0 aliphatic carbocycles. The number of ether oxygens (including phenoxy) is 1. The fourth-order valence-corrected chi connectivity index (χ4v) is 2.15. The number of nitrogens with one attached hydrogen (secondary N) is 1. The van der Waals surface area contributed by atoms with Gasteiger partial charge in [-0.3, -0.25) is 5.84 Å². The minimum absolute atomic E-state index is 0.133. The maximum Gasteiger partial charge on any atom is 0.127 e. The van der Waals surface area contributed by atoms with Crippen LogP contribution in [0.25, 0.3) is 0 Å². The van der Waals surface area contributed by atoms with Gasteiger partial charge >= 0.3 is 0 Å². The van der Waals surface area contributed by atoms with Gasteiger partial charge in [-0.2, -0.15) is 0 Å². The summed E-state index contributed by atoms with van der Waals surface area (Å²) in [5.74, 6) is 7.14. The first kappa shape index (κ1) is 10.6. The molecule has 1 aliphatic heterocycles. The third kappa shape index (κ3) is 2.19. The van der Waals surface area contributed by atoms with Crippen LogP contribution in [0.4, 0.5) is 0 Å². The standard InChI is InChI=1S/C10H18N4O/c1-14-5-4-12-10(14)9(13-11)8-2-6-15-7-3-8/h4-5,8-9,13H,2-3,6-7,11H2,1H3. The summed E-state index contributed by atoms with van der Waals surface area (Å²) in [6.07, 6.45) is 5.83. The van der Waals surface area contributed by atoms with Gasteiger partial charge in [0, 0.05) is 32.7 Å². The van der Waals surface area contributed by atoms with Gasteiger partial charge in [0.1, 0.15) is 5.82 Å². The van der Waals surface area contributed by atoms with Crippen LogP contribution in [0, 0.1) is 5.92 Å². The smallest absolute Gasteiger partial charge is 0.127 e. The minimum atomic E-state index is 0.133. The van der Waals surface area contributed by atoms with Gasteiger partial charge in [-0.15, -0.1) is 0 Å². The lowest BCUT2D eigenvalue weighted by molar-refractivity contribution is 0.0521. The summed E-state index contributed by atoms with van der Waals surface area (Å²) in [5, 5.41) is 0. The fraction of sp³-hybridized carbons (Fsp3) is 0.700. The van der Waals surface area contributed by atoms with Crippen LogP contribution in [-0.2, 0) is 11.8 Å². The van der Waals surface area contributed by atoms with Gasteiger partial charge in [-0.05, 0) is 18.8 Å². The zero-order valence-corrected chi connectivity index (χ0v) is 9.02. The molecule has 2 rings (SSSR count). The molecule has 0 spiro atoms. The Bertz CT molecular complexity index is 306. The number of aromatic nitrogens is 2. The lowest BCUT2D eigenvalue weighted by Crippen LogP contribution is -2.37. The molecule has 2 heterocycles. The summed E-state index contributed by atoms with van der Waals surface area (Å²) in [6.45, 7) is 1.65. The van der Waals surface area contributed by atoms with E-state index in [1.807, 2.05) is 17.8 Å². The highest BCUT2D eigenvalue weighted by molar-refractivity contribution is 5.00. The Balaban J connectivity index is 2.12. The SMILES string of the molecule is Cn1ccnc1C(NN)C1CCOCC1. The molecule has 0 aromatic carbocycles. The molecular formula is C10H18N4O. The van der Waals surface area contributed by atoms with Crippen molar-refractivity contribution in [2.45, 2.75) is 18.9 Å². The fourth-order valence-electron chi connectivity index (χ4n) is 2.15. The van der Waals surface area contributed by atoms with E-state index in [0.29, 0.717) is 5.92 Å². The lowest BCUT2D eigenvalue weighted by Gasteiger charge is -2.29. The van der Waals surface area contributed by atoms with E-state index in [2.05, 4.69) is 10.4 Å². The highest BCUT2D eigenvalue weighted by Gasteiger charge is 2.26. The van der Waals surface area contributed by atoms with Crippen LogP contribution in [0.5, 0.6) is 0 Å². The molecule has 0 amide bonds. The van der Waals surface area contributed by atoms with Gasteiger partial charge < -0.3 is 9.30 Å². The number of nitrogens with zero attached hydrogens (tertiary/aromatic N) is 2. The zero-order chi connectivity index (χ0) is 10.7. The number of nitrogens with two attached hydrogens (primary N) is 1. The highest BCUT2D eigenvalue weighted by atomic mass is 16.5. The molecule has 1 aromatic rings. The molecule has 0 radical (unpaired) electrons. The van der Waals surface area contributed by atoms with E-state index in [9.17, 15) is 0 Å². The van der Waals surface area contributed by atoms with E-state index >= 15 is 0 Å². The molecule has 0 saturated carbocycles. The second-order valence-electron chi connectivity index (χ2n) is 3.99. The summed E-state index contributed by atoms with van der Waals surface area (Å²) in [7, 11) is 1.99. The first-order valence-electron chi connectivity index (χ1n) is 5.34. The average Bonchev–Trinajstić information content (AvgIpc) is 2.68. The normalized spacial score (nSPS) is 20.4. The summed E-state index contributed by atoms with van der Waals surface area (Å²) < 4.78 is 7.36. The van der Waals surface area contributed by atoms with Gasteiger partial charge in [0.05, 0.1) is 6.04 Å². The van der Waals surface area contributed by atoms with Crippen molar-refractivity contribution in [3.8, 4) is 0 Å². The first-order valence-corrected chi connectivity index (χ1v) is 5.34. The zero-order valence-electron chi connectivity index (χ0n) is 9.02. The van der Waals surface area contributed by atoms with Crippen molar-refractivity contribution in [2.75, 3.05) is 13.2 Å². The first-order chi connectivity index (χ1) is 7.33. The molecular weight excluding hydrogens is 192 g/mol. The quantitative estimate of drug-likeness (QED) is 0.558. The number of hydrogen-bond donors (Lipinski definition) is 2. The molecule has 5 heteroatoms. The summed E-state index contributed by atoms with van der Waals surface area (Å²) in [4.78, 5) is 4.34. The van der Waals surface area contributed by atoms with Crippen LogP contribution >= 0.6 is 0 Å². The van der Waals surface area contributed by atoms with E-state index in [1.54, 1.807) is 6.20 Å². The number of hydrogen-bond acceptors (Lipinski definition) is 4. The second kappa shape index (κ2) is 4.74. The molecule has 1 aromatic heterocycles. The van der Waals surface area contributed by atoms with E-state index in [-0.39, 0.29) is 6.04 Å². The van der Waals surface area contributed by atoms with Crippen molar-refractivity contribution >= 4 is 0 Å². The maximum absolute atomic E-state index is 5.62. The molecule has 3 N–H and O–H groups in total. The van der Waals surface area contributed by atoms with Gasteiger partial charge in [-0.25, -0.2) is 10.4 Å². The van der Waals surface area contributed by atoms with Crippen molar-refractivity contribution in [3.63, 3.8) is 0 Å². The Kier molecular flexibility index (Phi) is 3.35. The van der Waals surface area contributed by atoms with Gasteiger partial charge in [-0.1, -0.05) is 0 Å². The van der Waals surface area contributed by atoms with Crippen molar-refractivity contribution in [1.82, 2.24) is 15.0 Å². The largest absolute Gasteiger partial charge is 0.381 e. The molecule has 1 unspecified atom stereocenters. The molecule has 1 fully saturated rings. The highest BCUT2D eigenvalue weighted by Crippen LogP contribution is 2.28. The Morgan fingerprint density at radius 1 is 1.60 bits per heavy atom. The molecule has 5 nitrogen and oxygen atoms in total. The second-order valence-corrected chi connectivity index (χ2v) is 3.99. The Hall–Kier alpha value is -0.910. The number of aryl methyl sites for hydroxylation is 1. The molecule has 1 saturated heterocycles. The number of imidazole rings is 1.